The summed E-state index contributed by atoms with van der Waals surface area (Å²) in [5.74, 6) is 0. The molecule has 102 valence electrons. The second-order valence-corrected chi connectivity index (χ2v) is 5.44. The van der Waals surface area contributed by atoms with Crippen molar-refractivity contribution in [2.24, 2.45) is 7.05 Å². The summed E-state index contributed by atoms with van der Waals surface area (Å²) in [5.41, 5.74) is 4.79. The number of benzene rings is 1. The first-order chi connectivity index (χ1) is 8.99. The molecule has 1 heterocycles. The molecule has 0 fully saturated rings. The molecule has 0 N–H and O–H groups in total. The minimum absolute atomic E-state index is 0.828. The molecule has 0 radical (unpaired) electrons. The first-order valence-electron chi connectivity index (χ1n) is 6.40. The van der Waals surface area contributed by atoms with Crippen molar-refractivity contribution >= 4 is 11.6 Å². The summed E-state index contributed by atoms with van der Waals surface area (Å²) < 4.78 is 1.94. The van der Waals surface area contributed by atoms with Crippen molar-refractivity contribution in [1.82, 2.24) is 14.7 Å². The summed E-state index contributed by atoms with van der Waals surface area (Å²) in [4.78, 5) is 2.26. The van der Waals surface area contributed by atoms with Crippen molar-refractivity contribution in [2.45, 2.75) is 26.9 Å². The standard InChI is InChI=1S/C15H20ClN3/c1-11-14(12(2)19(4)17-11)10-18(3)9-13-7-5-6-8-15(13)16/h5-8H,9-10H2,1-4H3. The number of nitrogens with zero attached hydrogens (tertiary/aromatic N) is 3. The molecule has 1 aromatic heterocycles. The molecule has 0 saturated heterocycles. The van der Waals surface area contributed by atoms with Gasteiger partial charge >= 0.3 is 0 Å². The Labute approximate surface area is 119 Å². The molecule has 2 aromatic rings. The van der Waals surface area contributed by atoms with E-state index in [1.807, 2.05) is 29.9 Å². The SMILES string of the molecule is Cc1nn(C)c(C)c1CN(C)Cc1ccccc1Cl. The van der Waals surface area contributed by atoms with Crippen molar-refractivity contribution in [3.8, 4) is 0 Å². The summed E-state index contributed by atoms with van der Waals surface area (Å²) in [6.07, 6.45) is 0. The molecule has 0 amide bonds. The highest BCUT2D eigenvalue weighted by molar-refractivity contribution is 6.31. The molecule has 0 spiro atoms. The maximum absolute atomic E-state index is 6.19. The van der Waals surface area contributed by atoms with E-state index in [2.05, 4.69) is 37.0 Å². The van der Waals surface area contributed by atoms with Gasteiger partial charge in [0.05, 0.1) is 5.69 Å². The highest BCUT2D eigenvalue weighted by Crippen LogP contribution is 2.19. The van der Waals surface area contributed by atoms with E-state index in [4.69, 9.17) is 11.6 Å². The zero-order valence-corrected chi connectivity index (χ0v) is 12.7. The fraction of sp³-hybridized carbons (Fsp3) is 0.400. The summed E-state index contributed by atoms with van der Waals surface area (Å²) >= 11 is 6.19. The van der Waals surface area contributed by atoms with E-state index in [-0.39, 0.29) is 0 Å². The van der Waals surface area contributed by atoms with Gasteiger partial charge in [-0.15, -0.1) is 0 Å². The van der Waals surface area contributed by atoms with Gasteiger partial charge in [-0.1, -0.05) is 29.8 Å². The van der Waals surface area contributed by atoms with Crippen LogP contribution in [0.3, 0.4) is 0 Å². The minimum Gasteiger partial charge on any atom is -0.298 e. The lowest BCUT2D eigenvalue weighted by Gasteiger charge is -2.17. The van der Waals surface area contributed by atoms with Crippen LogP contribution >= 0.6 is 11.6 Å². The molecule has 1 aromatic carbocycles. The summed E-state index contributed by atoms with van der Waals surface area (Å²) in [6.45, 7) is 5.90. The second-order valence-electron chi connectivity index (χ2n) is 5.04. The van der Waals surface area contributed by atoms with Crippen LogP contribution in [-0.4, -0.2) is 21.7 Å². The maximum atomic E-state index is 6.19. The topological polar surface area (TPSA) is 21.1 Å². The number of rotatable bonds is 4. The first kappa shape index (κ1) is 14.1. The zero-order valence-electron chi connectivity index (χ0n) is 11.9. The largest absolute Gasteiger partial charge is 0.298 e. The first-order valence-corrected chi connectivity index (χ1v) is 6.78. The fourth-order valence-electron chi connectivity index (χ4n) is 2.29. The third-order valence-corrected chi connectivity index (χ3v) is 3.85. The molecule has 2 rings (SSSR count). The number of halogens is 1. The molecule has 3 nitrogen and oxygen atoms in total. The molecular formula is C15H20ClN3. The molecule has 0 aliphatic heterocycles. The van der Waals surface area contributed by atoms with E-state index in [0.29, 0.717) is 0 Å². The molecule has 0 atom stereocenters. The van der Waals surface area contributed by atoms with E-state index in [1.165, 1.54) is 11.3 Å². The van der Waals surface area contributed by atoms with Crippen LogP contribution in [0.5, 0.6) is 0 Å². The van der Waals surface area contributed by atoms with Gasteiger partial charge in [-0.2, -0.15) is 5.10 Å². The number of aromatic nitrogens is 2. The van der Waals surface area contributed by atoms with Crippen LogP contribution < -0.4 is 0 Å². The van der Waals surface area contributed by atoms with Gasteiger partial charge in [-0.05, 0) is 32.5 Å². The van der Waals surface area contributed by atoms with E-state index in [9.17, 15) is 0 Å². The smallest absolute Gasteiger partial charge is 0.0641 e. The highest BCUT2D eigenvalue weighted by Gasteiger charge is 2.12. The van der Waals surface area contributed by atoms with Crippen LogP contribution in [-0.2, 0) is 20.1 Å². The minimum atomic E-state index is 0.828. The normalized spacial score (nSPS) is 11.3. The summed E-state index contributed by atoms with van der Waals surface area (Å²) in [5, 5.41) is 5.28. The molecular weight excluding hydrogens is 258 g/mol. The van der Waals surface area contributed by atoms with E-state index >= 15 is 0 Å². The van der Waals surface area contributed by atoms with Crippen LogP contribution in [0.1, 0.15) is 22.5 Å². The van der Waals surface area contributed by atoms with E-state index in [1.54, 1.807) is 0 Å². The number of hydrogen-bond donors (Lipinski definition) is 0. The molecule has 0 unspecified atom stereocenters. The second kappa shape index (κ2) is 5.76. The van der Waals surface area contributed by atoms with Gasteiger partial charge in [0, 0.05) is 36.4 Å². The van der Waals surface area contributed by atoms with Gasteiger partial charge in [0.2, 0.25) is 0 Å². The van der Waals surface area contributed by atoms with Gasteiger partial charge in [-0.25, -0.2) is 0 Å². The average molecular weight is 278 g/mol. The lowest BCUT2D eigenvalue weighted by molar-refractivity contribution is 0.317. The number of aryl methyl sites for hydroxylation is 2. The monoisotopic (exact) mass is 277 g/mol. The molecule has 19 heavy (non-hydrogen) atoms. The Morgan fingerprint density at radius 1 is 1.21 bits per heavy atom. The van der Waals surface area contributed by atoms with Crippen LogP contribution in [0.15, 0.2) is 24.3 Å². The van der Waals surface area contributed by atoms with Crippen molar-refractivity contribution in [1.29, 1.82) is 0 Å². The van der Waals surface area contributed by atoms with Crippen LogP contribution in [0, 0.1) is 13.8 Å². The Balaban J connectivity index is 2.10. The van der Waals surface area contributed by atoms with Gasteiger partial charge in [0.1, 0.15) is 0 Å². The summed E-state index contributed by atoms with van der Waals surface area (Å²) in [7, 11) is 4.09. The Hall–Kier alpha value is -1.32. The Bertz CT molecular complexity index is 575. The molecule has 0 aliphatic carbocycles. The Kier molecular flexibility index (Phi) is 4.27. The van der Waals surface area contributed by atoms with Crippen LogP contribution in [0.4, 0.5) is 0 Å². The predicted molar refractivity (Wildman–Crippen MR) is 79.3 cm³/mol. The van der Waals surface area contributed by atoms with Gasteiger partial charge < -0.3 is 0 Å². The van der Waals surface area contributed by atoms with Crippen molar-refractivity contribution < 1.29 is 0 Å². The third-order valence-electron chi connectivity index (χ3n) is 3.49. The maximum Gasteiger partial charge on any atom is 0.0641 e. The van der Waals surface area contributed by atoms with Gasteiger partial charge in [-0.3, -0.25) is 9.58 Å². The third kappa shape index (κ3) is 3.17. The Morgan fingerprint density at radius 3 is 2.47 bits per heavy atom. The van der Waals surface area contributed by atoms with Crippen molar-refractivity contribution in [2.75, 3.05) is 7.05 Å². The lowest BCUT2D eigenvalue weighted by atomic mass is 10.1. The fourth-order valence-corrected chi connectivity index (χ4v) is 2.49. The lowest BCUT2D eigenvalue weighted by Crippen LogP contribution is -2.18. The zero-order chi connectivity index (χ0) is 14.0. The summed E-state index contributed by atoms with van der Waals surface area (Å²) in [6, 6.07) is 7.99. The average Bonchev–Trinajstić information content (AvgIpc) is 2.59. The molecule has 0 saturated carbocycles. The van der Waals surface area contributed by atoms with Crippen molar-refractivity contribution in [3.63, 3.8) is 0 Å². The van der Waals surface area contributed by atoms with E-state index < -0.39 is 0 Å². The van der Waals surface area contributed by atoms with Crippen LogP contribution in [0.25, 0.3) is 0 Å². The predicted octanol–water partition coefficient (Wildman–Crippen LogP) is 3.32. The van der Waals surface area contributed by atoms with Crippen LogP contribution in [0.2, 0.25) is 5.02 Å². The van der Waals surface area contributed by atoms with Crippen molar-refractivity contribution in [3.05, 3.63) is 51.8 Å². The van der Waals surface area contributed by atoms with Gasteiger partial charge in [0.15, 0.2) is 0 Å². The Morgan fingerprint density at radius 2 is 1.89 bits per heavy atom. The van der Waals surface area contributed by atoms with E-state index in [0.717, 1.165) is 29.4 Å². The molecule has 0 bridgehead atoms. The van der Waals surface area contributed by atoms with Gasteiger partial charge in [0.25, 0.3) is 0 Å². The molecule has 0 aliphatic rings. The highest BCUT2D eigenvalue weighted by atomic mass is 35.5. The quantitative estimate of drug-likeness (QED) is 0.855. The molecule has 4 heteroatoms. The number of hydrogen-bond acceptors (Lipinski definition) is 2.